The van der Waals surface area contributed by atoms with Crippen molar-refractivity contribution in [2.75, 3.05) is 6.54 Å². The molecule has 142 valence electrons. The number of H-pyrrole nitrogens is 1. The summed E-state index contributed by atoms with van der Waals surface area (Å²) in [6.07, 6.45) is 3.47. The van der Waals surface area contributed by atoms with Gasteiger partial charge in [-0.15, -0.1) is 11.3 Å². The van der Waals surface area contributed by atoms with E-state index in [-0.39, 0.29) is 11.6 Å². The minimum absolute atomic E-state index is 0.0581. The Hall–Kier alpha value is -2.57. The molecule has 2 aromatic carbocycles. The monoisotopic (exact) mass is 390 g/mol. The van der Waals surface area contributed by atoms with Crippen molar-refractivity contribution < 1.29 is 0 Å². The topological polar surface area (TPSA) is 61.9 Å². The highest BCUT2D eigenvalue weighted by Crippen LogP contribution is 2.36. The number of nitrogens with one attached hydrogen (secondary N) is 1. The van der Waals surface area contributed by atoms with Gasteiger partial charge in [0.25, 0.3) is 5.56 Å². The molecule has 1 N–H and O–H groups in total. The molecule has 1 aliphatic rings. The molecule has 0 saturated carbocycles. The van der Waals surface area contributed by atoms with Crippen LogP contribution in [0.1, 0.15) is 41.7 Å². The van der Waals surface area contributed by atoms with Crippen molar-refractivity contribution in [2.24, 2.45) is 0 Å². The number of piperidine rings is 1. The van der Waals surface area contributed by atoms with Gasteiger partial charge in [-0.3, -0.25) is 9.69 Å². The number of likely N-dealkylation sites (tertiary alicyclic amines) is 1. The second-order valence-corrected chi connectivity index (χ2v) is 8.55. The molecule has 0 spiro atoms. The maximum atomic E-state index is 12.5. The summed E-state index contributed by atoms with van der Waals surface area (Å²) in [5.74, 6) is 0.736. The maximum absolute atomic E-state index is 12.5. The van der Waals surface area contributed by atoms with E-state index in [0.717, 1.165) is 41.8 Å². The molecule has 1 atom stereocenters. The van der Waals surface area contributed by atoms with Gasteiger partial charge in [-0.05, 0) is 50.1 Å². The van der Waals surface area contributed by atoms with E-state index < -0.39 is 0 Å². The predicted octanol–water partition coefficient (Wildman–Crippen LogP) is 4.57. The zero-order valence-corrected chi connectivity index (χ0v) is 16.6. The zero-order chi connectivity index (χ0) is 19.1. The normalized spacial score (nSPS) is 18.1. The number of para-hydroxylation sites is 2. The van der Waals surface area contributed by atoms with Gasteiger partial charge in [0.1, 0.15) is 10.8 Å². The van der Waals surface area contributed by atoms with E-state index in [1.807, 2.05) is 31.2 Å². The fourth-order valence-corrected chi connectivity index (χ4v) is 5.25. The molecule has 28 heavy (non-hydrogen) atoms. The van der Waals surface area contributed by atoms with Crippen molar-refractivity contribution in [2.45, 2.75) is 38.8 Å². The maximum Gasteiger partial charge on any atom is 0.258 e. The highest BCUT2D eigenvalue weighted by Gasteiger charge is 2.27. The number of hydrogen-bond donors (Lipinski definition) is 1. The van der Waals surface area contributed by atoms with Crippen LogP contribution in [0.4, 0.5) is 0 Å². The number of aryl methyl sites for hydroxylation is 1. The van der Waals surface area contributed by atoms with Crippen LogP contribution in [0.25, 0.3) is 21.1 Å². The molecular weight excluding hydrogens is 368 g/mol. The quantitative estimate of drug-likeness (QED) is 0.557. The molecule has 0 bridgehead atoms. The van der Waals surface area contributed by atoms with Gasteiger partial charge in [0.2, 0.25) is 0 Å². The van der Waals surface area contributed by atoms with Gasteiger partial charge in [0.05, 0.1) is 33.7 Å². The van der Waals surface area contributed by atoms with E-state index in [1.165, 1.54) is 16.1 Å². The molecule has 3 heterocycles. The molecular formula is C22H22N4OS. The van der Waals surface area contributed by atoms with Crippen LogP contribution in [-0.2, 0) is 6.54 Å². The highest BCUT2D eigenvalue weighted by atomic mass is 32.1. The minimum atomic E-state index is -0.0581. The molecule has 2 aromatic heterocycles. The van der Waals surface area contributed by atoms with Crippen molar-refractivity contribution in [1.82, 2.24) is 19.9 Å². The van der Waals surface area contributed by atoms with Gasteiger partial charge in [0, 0.05) is 0 Å². The van der Waals surface area contributed by atoms with Crippen LogP contribution < -0.4 is 5.56 Å². The van der Waals surface area contributed by atoms with Crippen LogP contribution in [0.2, 0.25) is 0 Å². The van der Waals surface area contributed by atoms with Crippen LogP contribution in [-0.4, -0.2) is 26.4 Å². The number of aromatic amines is 1. The van der Waals surface area contributed by atoms with Gasteiger partial charge >= 0.3 is 0 Å². The lowest BCUT2D eigenvalue weighted by Crippen LogP contribution is -2.34. The van der Waals surface area contributed by atoms with E-state index in [4.69, 9.17) is 9.97 Å². The molecule has 1 unspecified atom stereocenters. The lowest BCUT2D eigenvalue weighted by molar-refractivity contribution is 0.137. The molecule has 1 aliphatic heterocycles. The molecule has 5 nitrogen and oxygen atoms in total. The Bertz CT molecular complexity index is 1180. The fourth-order valence-electron chi connectivity index (χ4n) is 4.11. The number of nitrogens with zero attached hydrogens (tertiary/aromatic N) is 3. The van der Waals surface area contributed by atoms with Crippen LogP contribution in [0.3, 0.4) is 0 Å². The second-order valence-electron chi connectivity index (χ2n) is 7.49. The number of fused-ring (bicyclic) bond motifs is 2. The summed E-state index contributed by atoms with van der Waals surface area (Å²) in [4.78, 5) is 27.6. The van der Waals surface area contributed by atoms with Gasteiger partial charge in [-0.2, -0.15) is 0 Å². The third kappa shape index (κ3) is 3.12. The van der Waals surface area contributed by atoms with Crippen molar-refractivity contribution in [3.8, 4) is 0 Å². The SMILES string of the molecule is Cc1cccc2c(=O)[nH]c(CN3CCCCC3c3nc4ccccc4s3)nc12. The lowest BCUT2D eigenvalue weighted by atomic mass is 10.0. The van der Waals surface area contributed by atoms with Crippen molar-refractivity contribution >= 4 is 32.5 Å². The second kappa shape index (κ2) is 7.11. The van der Waals surface area contributed by atoms with Crippen molar-refractivity contribution in [3.63, 3.8) is 0 Å². The molecule has 1 saturated heterocycles. The molecule has 0 radical (unpaired) electrons. The molecule has 5 rings (SSSR count). The number of rotatable bonds is 3. The first kappa shape index (κ1) is 17.5. The lowest BCUT2D eigenvalue weighted by Gasteiger charge is -2.34. The van der Waals surface area contributed by atoms with Crippen LogP contribution in [0.15, 0.2) is 47.3 Å². The Morgan fingerprint density at radius 1 is 1.14 bits per heavy atom. The van der Waals surface area contributed by atoms with Crippen LogP contribution >= 0.6 is 11.3 Å². The first-order valence-electron chi connectivity index (χ1n) is 9.77. The summed E-state index contributed by atoms with van der Waals surface area (Å²) in [7, 11) is 0. The van der Waals surface area contributed by atoms with Crippen LogP contribution in [0.5, 0.6) is 0 Å². The number of hydrogen-bond acceptors (Lipinski definition) is 5. The van der Waals surface area contributed by atoms with Crippen LogP contribution in [0, 0.1) is 6.92 Å². The average Bonchev–Trinajstić information content (AvgIpc) is 3.13. The number of aromatic nitrogens is 3. The first-order valence-corrected chi connectivity index (χ1v) is 10.6. The average molecular weight is 391 g/mol. The van der Waals surface area contributed by atoms with Gasteiger partial charge < -0.3 is 4.98 Å². The smallest absolute Gasteiger partial charge is 0.258 e. The largest absolute Gasteiger partial charge is 0.309 e. The van der Waals surface area contributed by atoms with E-state index in [1.54, 1.807) is 11.3 Å². The molecule has 6 heteroatoms. The van der Waals surface area contributed by atoms with E-state index in [0.29, 0.717) is 11.9 Å². The zero-order valence-electron chi connectivity index (χ0n) is 15.8. The number of benzene rings is 2. The Kier molecular flexibility index (Phi) is 4.45. The van der Waals surface area contributed by atoms with Crippen molar-refractivity contribution in [3.05, 3.63) is 69.2 Å². The third-order valence-corrected chi connectivity index (χ3v) is 6.69. The third-order valence-electron chi connectivity index (χ3n) is 5.55. The number of thiazole rings is 1. The summed E-state index contributed by atoms with van der Waals surface area (Å²) in [5, 5.41) is 1.82. The Labute approximate surface area is 167 Å². The van der Waals surface area contributed by atoms with E-state index >= 15 is 0 Å². The molecule has 0 aliphatic carbocycles. The predicted molar refractivity (Wildman–Crippen MR) is 114 cm³/mol. The van der Waals surface area contributed by atoms with Crippen molar-refractivity contribution in [1.29, 1.82) is 0 Å². The molecule has 4 aromatic rings. The Balaban J connectivity index is 1.50. The summed E-state index contributed by atoms with van der Waals surface area (Å²) in [6, 6.07) is 14.3. The molecule has 0 amide bonds. The highest BCUT2D eigenvalue weighted by molar-refractivity contribution is 7.18. The first-order chi connectivity index (χ1) is 13.7. The minimum Gasteiger partial charge on any atom is -0.309 e. The van der Waals surface area contributed by atoms with E-state index in [9.17, 15) is 4.79 Å². The summed E-state index contributed by atoms with van der Waals surface area (Å²) >= 11 is 1.78. The van der Waals surface area contributed by atoms with E-state index in [2.05, 4.69) is 28.1 Å². The van der Waals surface area contributed by atoms with Gasteiger partial charge in [-0.1, -0.05) is 30.7 Å². The summed E-state index contributed by atoms with van der Waals surface area (Å²) < 4.78 is 1.23. The Morgan fingerprint density at radius 2 is 2.04 bits per heavy atom. The molecule has 1 fully saturated rings. The summed E-state index contributed by atoms with van der Waals surface area (Å²) in [5.41, 5.74) is 2.85. The van der Waals surface area contributed by atoms with Gasteiger partial charge in [-0.25, -0.2) is 9.97 Å². The fraction of sp³-hybridized carbons (Fsp3) is 0.318. The standard InChI is InChI=1S/C22H22N4OS/c1-14-7-6-8-15-20(14)24-19(25-21(15)27)13-26-12-5-4-10-17(26)22-23-16-9-2-3-11-18(16)28-22/h2-3,6-9,11,17H,4-5,10,12-13H2,1H3,(H,24,25,27). The summed E-state index contributed by atoms with van der Waals surface area (Å²) in [6.45, 7) is 3.64. The van der Waals surface area contributed by atoms with Gasteiger partial charge in [0.15, 0.2) is 0 Å². The Morgan fingerprint density at radius 3 is 2.93 bits per heavy atom.